The van der Waals surface area contributed by atoms with Crippen molar-refractivity contribution in [2.24, 2.45) is 0 Å². The van der Waals surface area contributed by atoms with E-state index in [0.717, 1.165) is 18.4 Å². The van der Waals surface area contributed by atoms with Crippen LogP contribution in [0.2, 0.25) is 0 Å². The molecule has 1 aliphatic rings. The second-order valence-corrected chi connectivity index (χ2v) is 7.04. The zero-order valence-corrected chi connectivity index (χ0v) is 15.4. The highest BCUT2D eigenvalue weighted by Crippen LogP contribution is 2.22. The summed E-state index contributed by atoms with van der Waals surface area (Å²) in [5.41, 5.74) is 2.38. The van der Waals surface area contributed by atoms with E-state index in [1.165, 1.54) is 16.3 Å². The van der Waals surface area contributed by atoms with E-state index in [-0.39, 0.29) is 12.0 Å². The highest BCUT2D eigenvalue weighted by Gasteiger charge is 2.24. The van der Waals surface area contributed by atoms with E-state index in [1.807, 2.05) is 23.2 Å². The number of pyridine rings is 1. The Bertz CT molecular complexity index is 905. The van der Waals surface area contributed by atoms with Gasteiger partial charge in [0.05, 0.1) is 12.7 Å². The van der Waals surface area contributed by atoms with Crippen molar-refractivity contribution in [2.75, 3.05) is 19.7 Å². The lowest BCUT2D eigenvalue weighted by molar-refractivity contribution is -0.138. The van der Waals surface area contributed by atoms with E-state index >= 15 is 0 Å². The predicted octanol–water partition coefficient (Wildman–Crippen LogP) is 3.64. The van der Waals surface area contributed by atoms with Crippen LogP contribution in [-0.2, 0) is 22.4 Å². The second kappa shape index (κ2) is 8.31. The maximum absolute atomic E-state index is 12.6. The van der Waals surface area contributed by atoms with Crippen LogP contribution in [0.5, 0.6) is 0 Å². The molecule has 0 bridgehead atoms. The van der Waals surface area contributed by atoms with Crippen LogP contribution in [-0.4, -0.2) is 41.6 Å². The van der Waals surface area contributed by atoms with Crippen molar-refractivity contribution in [3.8, 4) is 0 Å². The monoisotopic (exact) mass is 360 g/mol. The number of aryl methyl sites for hydroxylation is 1. The van der Waals surface area contributed by atoms with Crippen molar-refractivity contribution in [2.45, 2.75) is 25.4 Å². The summed E-state index contributed by atoms with van der Waals surface area (Å²) in [5, 5.41) is 2.51. The molecule has 3 aromatic rings. The number of morpholine rings is 1. The number of amides is 1. The molecule has 0 radical (unpaired) electrons. The Hall–Kier alpha value is -2.72. The zero-order chi connectivity index (χ0) is 18.5. The van der Waals surface area contributed by atoms with E-state index in [0.29, 0.717) is 26.1 Å². The molecule has 1 aromatic heterocycles. The number of fused-ring (bicyclic) bond motifs is 1. The van der Waals surface area contributed by atoms with Crippen LogP contribution in [0.1, 0.15) is 17.5 Å². The van der Waals surface area contributed by atoms with Gasteiger partial charge in [0.25, 0.3) is 0 Å². The minimum atomic E-state index is 0.0481. The molecule has 0 unspecified atom stereocenters. The highest BCUT2D eigenvalue weighted by atomic mass is 16.5. The van der Waals surface area contributed by atoms with Gasteiger partial charge in [-0.1, -0.05) is 48.5 Å². The molecule has 27 heavy (non-hydrogen) atoms. The summed E-state index contributed by atoms with van der Waals surface area (Å²) >= 11 is 0. The quantitative estimate of drug-likeness (QED) is 0.698. The molecule has 2 aromatic carbocycles. The molecule has 0 aliphatic carbocycles. The number of carbonyl (C=O) groups excluding carboxylic acids is 1. The number of nitrogens with zero attached hydrogens (tertiary/aromatic N) is 2. The van der Waals surface area contributed by atoms with Gasteiger partial charge in [-0.3, -0.25) is 9.78 Å². The van der Waals surface area contributed by atoms with Gasteiger partial charge >= 0.3 is 0 Å². The molecule has 1 aliphatic heterocycles. The molecule has 0 spiro atoms. The third kappa shape index (κ3) is 4.34. The molecule has 0 saturated carbocycles. The molecule has 4 rings (SSSR count). The normalized spacial score (nSPS) is 17.2. The third-order valence-corrected chi connectivity index (χ3v) is 5.17. The fraction of sp³-hybridized carbons (Fsp3) is 0.304. The molecular formula is C23H24N2O2. The maximum Gasteiger partial charge on any atom is 0.223 e. The topological polar surface area (TPSA) is 42.4 Å². The van der Waals surface area contributed by atoms with Crippen LogP contribution in [0.25, 0.3) is 10.8 Å². The first-order chi connectivity index (χ1) is 13.3. The Balaban J connectivity index is 1.38. The molecule has 1 saturated heterocycles. The maximum atomic E-state index is 12.6. The molecule has 4 heteroatoms. The Labute approximate surface area is 159 Å². The molecule has 1 atom stereocenters. The van der Waals surface area contributed by atoms with Crippen molar-refractivity contribution < 1.29 is 9.53 Å². The Kier molecular flexibility index (Phi) is 5.45. The molecule has 4 nitrogen and oxygen atoms in total. The van der Waals surface area contributed by atoms with Crippen molar-refractivity contribution >= 4 is 16.7 Å². The molecule has 0 N–H and O–H groups in total. The lowest BCUT2D eigenvalue weighted by atomic mass is 9.99. The molecule has 138 valence electrons. The average Bonchev–Trinajstić information content (AvgIpc) is 2.73. The van der Waals surface area contributed by atoms with Gasteiger partial charge in [0.1, 0.15) is 0 Å². The number of ether oxygens (including phenoxy) is 1. The summed E-state index contributed by atoms with van der Waals surface area (Å²) in [5.74, 6) is 0.199. The number of rotatable bonds is 5. The SMILES string of the molecule is O=C(CCc1cccnc1)N1CCO[C@@H](Cc2cccc3ccccc23)C1. The lowest BCUT2D eigenvalue weighted by Gasteiger charge is -2.33. The number of aromatic nitrogens is 1. The van der Waals surface area contributed by atoms with E-state index in [1.54, 1.807) is 6.20 Å². The van der Waals surface area contributed by atoms with Gasteiger partial charge < -0.3 is 9.64 Å². The number of hydrogen-bond acceptors (Lipinski definition) is 3. The Morgan fingerprint density at radius 2 is 2.00 bits per heavy atom. The molecule has 2 heterocycles. The summed E-state index contributed by atoms with van der Waals surface area (Å²) in [6.45, 7) is 1.95. The summed E-state index contributed by atoms with van der Waals surface area (Å²) in [6.07, 6.45) is 5.71. The fourth-order valence-electron chi connectivity index (χ4n) is 3.74. The third-order valence-electron chi connectivity index (χ3n) is 5.17. The van der Waals surface area contributed by atoms with Gasteiger partial charge in [0, 0.05) is 38.3 Å². The van der Waals surface area contributed by atoms with Gasteiger partial charge in [-0.15, -0.1) is 0 Å². The first-order valence-corrected chi connectivity index (χ1v) is 9.54. The minimum Gasteiger partial charge on any atom is -0.374 e. The van der Waals surface area contributed by atoms with Crippen LogP contribution in [0.3, 0.4) is 0 Å². The van der Waals surface area contributed by atoms with Crippen molar-refractivity contribution in [1.82, 2.24) is 9.88 Å². The Morgan fingerprint density at radius 3 is 2.89 bits per heavy atom. The number of hydrogen-bond donors (Lipinski definition) is 0. The predicted molar refractivity (Wildman–Crippen MR) is 107 cm³/mol. The van der Waals surface area contributed by atoms with Crippen molar-refractivity contribution in [3.05, 3.63) is 78.1 Å². The molecular weight excluding hydrogens is 336 g/mol. The smallest absolute Gasteiger partial charge is 0.223 e. The molecule has 1 amide bonds. The largest absolute Gasteiger partial charge is 0.374 e. The van der Waals surface area contributed by atoms with Crippen molar-refractivity contribution in [1.29, 1.82) is 0 Å². The fourth-order valence-corrected chi connectivity index (χ4v) is 3.74. The van der Waals surface area contributed by atoms with E-state index in [4.69, 9.17) is 4.74 Å². The summed E-state index contributed by atoms with van der Waals surface area (Å²) in [4.78, 5) is 18.7. The first kappa shape index (κ1) is 17.7. The lowest BCUT2D eigenvalue weighted by Crippen LogP contribution is -2.46. The number of carbonyl (C=O) groups is 1. The Morgan fingerprint density at radius 1 is 1.11 bits per heavy atom. The molecule has 1 fully saturated rings. The van der Waals surface area contributed by atoms with E-state index in [9.17, 15) is 4.79 Å². The van der Waals surface area contributed by atoms with Gasteiger partial charge in [-0.05, 0) is 34.4 Å². The number of benzene rings is 2. The first-order valence-electron chi connectivity index (χ1n) is 9.54. The summed E-state index contributed by atoms with van der Waals surface area (Å²) < 4.78 is 5.97. The van der Waals surface area contributed by atoms with Gasteiger partial charge in [0.15, 0.2) is 0 Å². The van der Waals surface area contributed by atoms with E-state index in [2.05, 4.69) is 47.4 Å². The van der Waals surface area contributed by atoms with Crippen molar-refractivity contribution in [3.63, 3.8) is 0 Å². The zero-order valence-electron chi connectivity index (χ0n) is 15.4. The highest BCUT2D eigenvalue weighted by molar-refractivity contribution is 5.85. The van der Waals surface area contributed by atoms with Crippen LogP contribution in [0.15, 0.2) is 67.0 Å². The summed E-state index contributed by atoms with van der Waals surface area (Å²) in [7, 11) is 0. The standard InChI is InChI=1S/C23H24N2O2/c26-23(11-10-18-5-4-12-24-16-18)25-13-14-27-21(17-25)15-20-8-3-7-19-6-1-2-9-22(19)20/h1-9,12,16,21H,10-11,13-15,17H2/t21-/m0/s1. The second-order valence-electron chi connectivity index (χ2n) is 7.04. The van der Waals surface area contributed by atoms with Crippen LogP contribution >= 0.6 is 0 Å². The van der Waals surface area contributed by atoms with Crippen LogP contribution in [0, 0.1) is 0 Å². The van der Waals surface area contributed by atoms with Gasteiger partial charge in [0.2, 0.25) is 5.91 Å². The van der Waals surface area contributed by atoms with Crippen LogP contribution in [0.4, 0.5) is 0 Å². The van der Waals surface area contributed by atoms with Gasteiger partial charge in [-0.2, -0.15) is 0 Å². The van der Waals surface area contributed by atoms with E-state index < -0.39 is 0 Å². The minimum absolute atomic E-state index is 0.0481. The van der Waals surface area contributed by atoms with Gasteiger partial charge in [-0.25, -0.2) is 0 Å². The van der Waals surface area contributed by atoms with Crippen LogP contribution < -0.4 is 0 Å². The average molecular weight is 360 g/mol. The summed E-state index contributed by atoms with van der Waals surface area (Å²) in [6, 6.07) is 18.7.